The number of carbonyl (C=O) groups is 5. The summed E-state index contributed by atoms with van der Waals surface area (Å²) in [7, 11) is 5.45. The molecular formula is C37H48ClN3O13. The topological polar surface area (TPSA) is 203 Å². The van der Waals surface area contributed by atoms with Crippen LogP contribution in [0.3, 0.4) is 0 Å². The molecule has 4 heterocycles. The van der Waals surface area contributed by atoms with E-state index in [0.717, 1.165) is 16.7 Å². The summed E-state index contributed by atoms with van der Waals surface area (Å²) in [5.41, 5.74) is -4.88. The van der Waals surface area contributed by atoms with E-state index in [1.54, 1.807) is 45.1 Å². The zero-order valence-corrected chi connectivity index (χ0v) is 32.5. The molecule has 0 radical (unpaired) electrons. The van der Waals surface area contributed by atoms with Gasteiger partial charge in [0.15, 0.2) is 11.5 Å². The quantitative estimate of drug-likeness (QED) is 0.230. The molecule has 3 N–H and O–H groups in total. The summed E-state index contributed by atoms with van der Waals surface area (Å²) in [6.45, 7) is 6.65. The van der Waals surface area contributed by atoms with E-state index in [9.17, 15) is 34.2 Å². The number of anilines is 1. The fraction of sp³-hybridized carbons (Fsp3) is 0.595. The number of allylic oxidation sites excluding steroid dienone is 2. The van der Waals surface area contributed by atoms with Gasteiger partial charge in [-0.3, -0.25) is 19.7 Å². The number of Topliss-reactive ketones (excluding diaryl/α,β-unsaturated/α-hetero) is 1. The van der Waals surface area contributed by atoms with Crippen LogP contribution in [0.4, 0.5) is 10.5 Å². The van der Waals surface area contributed by atoms with Gasteiger partial charge < -0.3 is 48.4 Å². The Morgan fingerprint density at radius 3 is 2.33 bits per heavy atom. The number of alkyl carbamates (subject to hydrolysis) is 1. The molecule has 3 saturated heterocycles. The molecule has 0 spiro atoms. The molecule has 4 aliphatic rings. The molecule has 54 heavy (non-hydrogen) atoms. The minimum Gasteiger partial charge on any atom is -0.495 e. The van der Waals surface area contributed by atoms with E-state index in [2.05, 4.69) is 5.32 Å². The lowest BCUT2D eigenvalue weighted by Crippen LogP contribution is -2.63. The Balaban J connectivity index is 1.74. The van der Waals surface area contributed by atoms with Crippen LogP contribution in [0.25, 0.3) is 0 Å². The number of hydrogen-bond acceptors (Lipinski definition) is 13. The average Bonchev–Trinajstić information content (AvgIpc) is 3.82. The van der Waals surface area contributed by atoms with Crippen molar-refractivity contribution in [2.45, 2.75) is 101 Å². The Labute approximate surface area is 318 Å². The number of epoxide rings is 1. The molecule has 10 atom stereocenters. The van der Waals surface area contributed by atoms with Crippen LogP contribution >= 0.6 is 11.6 Å². The van der Waals surface area contributed by atoms with E-state index in [1.807, 2.05) is 0 Å². The van der Waals surface area contributed by atoms with Gasteiger partial charge >= 0.3 is 12.1 Å². The molecule has 3 fully saturated rings. The van der Waals surface area contributed by atoms with Gasteiger partial charge in [-0.15, -0.1) is 0 Å². The van der Waals surface area contributed by atoms with Crippen LogP contribution < -0.4 is 15.0 Å². The van der Waals surface area contributed by atoms with E-state index < -0.39 is 102 Å². The fourth-order valence-corrected chi connectivity index (χ4v) is 7.62. The summed E-state index contributed by atoms with van der Waals surface area (Å²) in [5.74, 6) is -4.38. The molecule has 16 nitrogen and oxygen atoms in total. The second-order valence-electron chi connectivity index (χ2n) is 14.6. The molecule has 17 heteroatoms. The van der Waals surface area contributed by atoms with E-state index in [4.69, 9.17) is 40.0 Å². The Bertz CT molecular complexity index is 1770. The van der Waals surface area contributed by atoms with Crippen molar-refractivity contribution in [3.05, 3.63) is 46.5 Å². The van der Waals surface area contributed by atoms with Crippen LogP contribution in [0.15, 0.2) is 35.9 Å². The third-order valence-corrected chi connectivity index (χ3v) is 11.4. The number of halogens is 1. The number of esters is 1. The first-order chi connectivity index (χ1) is 25.2. The Morgan fingerprint density at radius 2 is 1.70 bits per heavy atom. The molecule has 3 amide bonds. The third-order valence-electron chi connectivity index (χ3n) is 11.0. The van der Waals surface area contributed by atoms with Crippen molar-refractivity contribution in [1.29, 1.82) is 0 Å². The van der Waals surface area contributed by atoms with Crippen molar-refractivity contribution in [3.63, 3.8) is 0 Å². The number of methoxy groups -OCH3 is 3. The fourth-order valence-electron chi connectivity index (χ4n) is 7.33. The number of nitrogens with one attached hydrogen (secondary N) is 1. The zero-order chi connectivity index (χ0) is 40.1. The molecular weight excluding hydrogens is 730 g/mol. The molecule has 296 valence electrons. The summed E-state index contributed by atoms with van der Waals surface area (Å²) >= 11 is 6.86. The van der Waals surface area contributed by atoms with Crippen molar-refractivity contribution in [1.82, 2.24) is 10.2 Å². The SMILES string of the molecule is COc1cc2cc(c1Cl)N1CC(=O)C(C)(O)C(=O)N(C)C(C)C(=O)OC(CC1=O)C1(C)OC1C(C)C1CC(O)(NC(=O)O1)C(OC)/C=C\C=C(\C)C2OC. The molecule has 5 rings (SSSR count). The first-order valence-electron chi connectivity index (χ1n) is 17.4. The summed E-state index contributed by atoms with van der Waals surface area (Å²) in [4.78, 5) is 70.5. The number of benzene rings is 1. The summed E-state index contributed by atoms with van der Waals surface area (Å²) in [5, 5.41) is 25.5. The summed E-state index contributed by atoms with van der Waals surface area (Å²) in [6.07, 6.45) is -1.52. The summed E-state index contributed by atoms with van der Waals surface area (Å²) < 4.78 is 34.9. The van der Waals surface area contributed by atoms with Gasteiger partial charge in [0.1, 0.15) is 46.8 Å². The van der Waals surface area contributed by atoms with Crippen molar-refractivity contribution in [2.24, 2.45) is 5.92 Å². The number of ether oxygens (including phenoxy) is 6. The second-order valence-corrected chi connectivity index (χ2v) is 15.0. The maximum atomic E-state index is 14.6. The van der Waals surface area contributed by atoms with Gasteiger partial charge in [-0.25, -0.2) is 9.59 Å². The standard InChI is InChI=1S/C37H48ClN3O13/c1-18-11-10-12-26(50-8)37(48)16-24(52-34(46)39-37)19(2)31-36(5,54-31)27-15-28(43)41(22-13-21(30(18)51-9)14-23(49-7)29(22)38)17-25(42)35(4,47)33(45)40(6)20(3)32(44)53-27/h10-14,19-20,24,26-27,30-31,47-48H,15-17H2,1-9H3,(H,39,46)/b12-10-,18-11-. The highest BCUT2D eigenvalue weighted by Gasteiger charge is 2.65. The first kappa shape index (κ1) is 41.1. The molecule has 6 bridgehead atoms. The number of carbonyl (C=O) groups excluding carboxylic acids is 5. The third kappa shape index (κ3) is 7.47. The highest BCUT2D eigenvalue weighted by molar-refractivity contribution is 6.35. The monoisotopic (exact) mass is 777 g/mol. The van der Waals surface area contributed by atoms with Crippen molar-refractivity contribution < 1.29 is 62.6 Å². The molecule has 10 unspecified atom stereocenters. The Hall–Kier alpha value is -4.06. The number of rotatable bonds is 3. The molecule has 0 saturated carbocycles. The largest absolute Gasteiger partial charge is 0.495 e. The van der Waals surface area contributed by atoms with E-state index in [0.29, 0.717) is 11.1 Å². The van der Waals surface area contributed by atoms with E-state index in [-0.39, 0.29) is 22.9 Å². The van der Waals surface area contributed by atoms with Gasteiger partial charge in [0.2, 0.25) is 11.5 Å². The van der Waals surface area contributed by atoms with Gasteiger partial charge in [-0.1, -0.05) is 36.8 Å². The molecule has 4 aliphatic heterocycles. The van der Waals surface area contributed by atoms with Crippen molar-refractivity contribution in [2.75, 3.05) is 39.8 Å². The zero-order valence-electron chi connectivity index (χ0n) is 31.7. The number of aliphatic hydroxyl groups is 2. The molecule has 0 aromatic heterocycles. The van der Waals surface area contributed by atoms with Gasteiger partial charge in [-0.05, 0) is 51.0 Å². The van der Waals surface area contributed by atoms with Gasteiger partial charge in [0.25, 0.3) is 5.91 Å². The van der Waals surface area contributed by atoms with Crippen LogP contribution in [0.2, 0.25) is 5.02 Å². The maximum Gasteiger partial charge on any atom is 0.409 e. The Kier molecular flexibility index (Phi) is 11.6. The summed E-state index contributed by atoms with van der Waals surface area (Å²) in [6, 6.07) is 1.82. The normalized spacial score (nSPS) is 38.2. The van der Waals surface area contributed by atoms with Crippen LogP contribution in [0.5, 0.6) is 5.75 Å². The highest BCUT2D eigenvalue weighted by Crippen LogP contribution is 2.49. The van der Waals surface area contributed by atoms with Crippen LogP contribution in [-0.4, -0.2) is 127 Å². The van der Waals surface area contributed by atoms with Gasteiger partial charge in [-0.2, -0.15) is 0 Å². The predicted molar refractivity (Wildman–Crippen MR) is 192 cm³/mol. The number of likely N-dealkylation sites (N-methyl/N-ethyl adjacent to an activating group) is 1. The predicted octanol–water partition coefficient (Wildman–Crippen LogP) is 2.36. The maximum absolute atomic E-state index is 14.6. The molecule has 0 aliphatic carbocycles. The first-order valence-corrected chi connectivity index (χ1v) is 17.8. The van der Waals surface area contributed by atoms with Crippen molar-refractivity contribution in [3.8, 4) is 5.75 Å². The number of hydrogen-bond donors (Lipinski definition) is 3. The van der Waals surface area contributed by atoms with E-state index >= 15 is 0 Å². The molecule has 1 aromatic rings. The van der Waals surface area contributed by atoms with E-state index in [1.165, 1.54) is 41.4 Å². The number of fused-ring (bicyclic) bond motifs is 10. The lowest BCUT2D eigenvalue weighted by Gasteiger charge is -2.42. The number of nitrogens with zero attached hydrogens (tertiary/aromatic N) is 2. The average molecular weight is 778 g/mol. The minimum absolute atomic E-state index is 0.0139. The van der Waals surface area contributed by atoms with Gasteiger partial charge in [0, 0.05) is 33.6 Å². The number of ketones is 1. The van der Waals surface area contributed by atoms with Crippen LogP contribution in [0, 0.1) is 5.92 Å². The lowest BCUT2D eigenvalue weighted by atomic mass is 9.83. The second kappa shape index (κ2) is 15.2. The van der Waals surface area contributed by atoms with Crippen molar-refractivity contribution >= 4 is 46.9 Å². The van der Waals surface area contributed by atoms with Crippen LogP contribution in [-0.2, 0) is 42.9 Å². The Morgan fingerprint density at radius 1 is 1.02 bits per heavy atom. The lowest BCUT2D eigenvalue weighted by molar-refractivity contribution is -0.169. The minimum atomic E-state index is -2.66. The van der Waals surface area contributed by atoms with Crippen LogP contribution in [0.1, 0.15) is 59.1 Å². The number of amides is 3. The molecule has 1 aromatic carbocycles. The smallest absolute Gasteiger partial charge is 0.409 e. The highest BCUT2D eigenvalue weighted by atomic mass is 35.5. The van der Waals surface area contributed by atoms with Gasteiger partial charge in [0.05, 0.1) is 31.9 Å².